The molecule has 1 fully saturated rings. The molecule has 0 aliphatic carbocycles. The molecule has 0 aromatic rings. The van der Waals surface area contributed by atoms with Crippen molar-refractivity contribution in [1.82, 2.24) is 0 Å². The van der Waals surface area contributed by atoms with E-state index in [2.05, 4.69) is 6.92 Å². The maximum absolute atomic E-state index is 11.1. The summed E-state index contributed by atoms with van der Waals surface area (Å²) in [6.07, 6.45) is 11.2. The van der Waals surface area contributed by atoms with Gasteiger partial charge in [0.1, 0.15) is 13.2 Å². The van der Waals surface area contributed by atoms with E-state index in [-0.39, 0.29) is 24.4 Å². The average Bonchev–Trinajstić information content (AvgIpc) is 2.50. The van der Waals surface area contributed by atoms with Crippen LogP contribution in [0.25, 0.3) is 0 Å². The van der Waals surface area contributed by atoms with E-state index in [4.69, 9.17) is 9.47 Å². The van der Waals surface area contributed by atoms with Gasteiger partial charge in [-0.2, -0.15) is 0 Å². The molecule has 1 rings (SSSR count). The number of nitrogens with zero attached hydrogens (tertiary/aromatic N) is 1. The number of hydrogen-bond donors (Lipinski definition) is 0. The van der Waals surface area contributed by atoms with Gasteiger partial charge in [-0.3, -0.25) is 10.1 Å². The monoisotopic (exact) mass is 301 g/mol. The lowest BCUT2D eigenvalue weighted by atomic mass is 9.98. The van der Waals surface area contributed by atoms with Crippen molar-refractivity contribution in [1.29, 1.82) is 0 Å². The summed E-state index contributed by atoms with van der Waals surface area (Å²) in [5.41, 5.74) is -1.03. The van der Waals surface area contributed by atoms with Crippen molar-refractivity contribution in [2.24, 2.45) is 0 Å². The lowest BCUT2D eigenvalue weighted by Crippen LogP contribution is -2.52. The molecule has 5 nitrogen and oxygen atoms in total. The first kappa shape index (κ1) is 18.4. The van der Waals surface area contributed by atoms with Gasteiger partial charge >= 0.3 is 0 Å². The average molecular weight is 301 g/mol. The fourth-order valence-corrected chi connectivity index (χ4v) is 2.64. The summed E-state index contributed by atoms with van der Waals surface area (Å²) in [5.74, 6) is 0. The predicted molar refractivity (Wildman–Crippen MR) is 82.9 cm³/mol. The highest BCUT2D eigenvalue weighted by Crippen LogP contribution is 2.25. The van der Waals surface area contributed by atoms with Crippen LogP contribution >= 0.6 is 0 Å². The minimum atomic E-state index is -1.03. The van der Waals surface area contributed by atoms with Crippen molar-refractivity contribution in [2.45, 2.75) is 89.9 Å². The minimum Gasteiger partial charge on any atom is -0.345 e. The molecule has 5 heteroatoms. The van der Waals surface area contributed by atoms with Crippen LogP contribution in [0.15, 0.2) is 0 Å². The van der Waals surface area contributed by atoms with Gasteiger partial charge in [-0.25, -0.2) is 0 Å². The Kier molecular flexibility index (Phi) is 8.85. The summed E-state index contributed by atoms with van der Waals surface area (Å²) >= 11 is 0. The van der Waals surface area contributed by atoms with Gasteiger partial charge in [0, 0.05) is 11.3 Å². The number of nitro groups is 1. The topological polar surface area (TPSA) is 61.6 Å². The zero-order valence-electron chi connectivity index (χ0n) is 13.6. The maximum atomic E-state index is 11.1. The van der Waals surface area contributed by atoms with Gasteiger partial charge in [0.2, 0.25) is 0 Å². The van der Waals surface area contributed by atoms with Crippen LogP contribution in [-0.4, -0.2) is 30.0 Å². The highest BCUT2D eigenvalue weighted by Gasteiger charge is 2.46. The molecule has 0 atom stereocenters. The van der Waals surface area contributed by atoms with Crippen LogP contribution < -0.4 is 0 Å². The van der Waals surface area contributed by atoms with Crippen LogP contribution in [0, 0.1) is 10.1 Å². The molecular formula is C16H31NO4. The third-order valence-corrected chi connectivity index (χ3v) is 4.41. The Morgan fingerprint density at radius 3 is 2.00 bits per heavy atom. The zero-order chi connectivity index (χ0) is 15.6. The van der Waals surface area contributed by atoms with Crippen LogP contribution in [0.2, 0.25) is 0 Å². The van der Waals surface area contributed by atoms with Crippen LogP contribution in [0.5, 0.6) is 0 Å². The van der Waals surface area contributed by atoms with E-state index in [1.54, 1.807) is 0 Å². The molecule has 0 bridgehead atoms. The minimum absolute atomic E-state index is 0.179. The summed E-state index contributed by atoms with van der Waals surface area (Å²) in [5, 5.41) is 11.1. The van der Waals surface area contributed by atoms with Crippen molar-refractivity contribution in [3.63, 3.8) is 0 Å². The van der Waals surface area contributed by atoms with E-state index in [1.165, 1.54) is 44.9 Å². The predicted octanol–water partition coefficient (Wildman–Crippen LogP) is 4.32. The SMILES string of the molecule is CCCCCCCCCCC1OCC(CC)([N+](=O)[O-])CO1. The fraction of sp³-hybridized carbons (Fsp3) is 1.00. The maximum Gasteiger partial charge on any atom is 0.267 e. The van der Waals surface area contributed by atoms with Gasteiger partial charge in [-0.05, 0) is 12.8 Å². The summed E-state index contributed by atoms with van der Waals surface area (Å²) in [4.78, 5) is 10.8. The van der Waals surface area contributed by atoms with Gasteiger partial charge in [0.05, 0.1) is 0 Å². The molecule has 21 heavy (non-hydrogen) atoms. The van der Waals surface area contributed by atoms with E-state index >= 15 is 0 Å². The molecule has 124 valence electrons. The standard InChI is InChI=1S/C16H31NO4/c1-3-5-6-7-8-9-10-11-12-15-20-13-16(4-2,14-21-15)17(18)19/h15H,3-14H2,1-2H3. The molecule has 1 heterocycles. The first-order valence-electron chi connectivity index (χ1n) is 8.52. The summed E-state index contributed by atoms with van der Waals surface area (Å²) in [6.45, 7) is 4.40. The van der Waals surface area contributed by atoms with E-state index in [0.717, 1.165) is 12.8 Å². The van der Waals surface area contributed by atoms with E-state index in [9.17, 15) is 10.1 Å². The van der Waals surface area contributed by atoms with E-state index < -0.39 is 5.54 Å². The Labute approximate surface area is 128 Å². The smallest absolute Gasteiger partial charge is 0.267 e. The number of ether oxygens (including phenoxy) is 2. The Morgan fingerprint density at radius 2 is 1.52 bits per heavy atom. The second kappa shape index (κ2) is 10.1. The van der Waals surface area contributed by atoms with Gasteiger partial charge in [-0.1, -0.05) is 58.8 Å². The quantitative estimate of drug-likeness (QED) is 0.324. The molecule has 0 radical (unpaired) electrons. The summed E-state index contributed by atoms with van der Waals surface area (Å²) < 4.78 is 11.1. The molecular weight excluding hydrogens is 270 g/mol. The largest absolute Gasteiger partial charge is 0.345 e. The summed E-state index contributed by atoms with van der Waals surface area (Å²) in [6, 6.07) is 0. The van der Waals surface area contributed by atoms with Gasteiger partial charge in [-0.15, -0.1) is 0 Å². The van der Waals surface area contributed by atoms with Crippen LogP contribution in [0.4, 0.5) is 0 Å². The molecule has 0 N–H and O–H groups in total. The number of rotatable bonds is 11. The lowest BCUT2D eigenvalue weighted by Gasteiger charge is -2.32. The molecule has 1 saturated heterocycles. The fourth-order valence-electron chi connectivity index (χ4n) is 2.64. The molecule has 0 saturated carbocycles. The van der Waals surface area contributed by atoms with Crippen molar-refractivity contribution in [3.8, 4) is 0 Å². The van der Waals surface area contributed by atoms with Crippen LogP contribution in [0.3, 0.4) is 0 Å². The Morgan fingerprint density at radius 1 is 1.00 bits per heavy atom. The zero-order valence-corrected chi connectivity index (χ0v) is 13.6. The first-order chi connectivity index (χ1) is 10.1. The molecule has 1 aliphatic rings. The summed E-state index contributed by atoms with van der Waals surface area (Å²) in [7, 11) is 0. The number of hydrogen-bond acceptors (Lipinski definition) is 4. The van der Waals surface area contributed by atoms with E-state index in [1.807, 2.05) is 6.92 Å². The highest BCUT2D eigenvalue weighted by atomic mass is 16.7. The van der Waals surface area contributed by atoms with Crippen molar-refractivity contribution < 1.29 is 14.4 Å². The highest BCUT2D eigenvalue weighted by molar-refractivity contribution is 4.80. The third-order valence-electron chi connectivity index (χ3n) is 4.41. The molecule has 1 aliphatic heterocycles. The molecule has 0 aromatic heterocycles. The third kappa shape index (κ3) is 6.30. The van der Waals surface area contributed by atoms with Crippen LogP contribution in [-0.2, 0) is 9.47 Å². The Bertz CT molecular complexity index is 288. The molecule has 0 spiro atoms. The second-order valence-corrected chi connectivity index (χ2v) is 6.15. The normalized spacial score (nSPS) is 25.9. The Balaban J connectivity index is 2.04. The van der Waals surface area contributed by atoms with E-state index in [0.29, 0.717) is 6.42 Å². The lowest BCUT2D eigenvalue weighted by molar-refractivity contribution is -0.592. The Hall–Kier alpha value is -0.680. The van der Waals surface area contributed by atoms with Crippen molar-refractivity contribution in [2.75, 3.05) is 13.2 Å². The van der Waals surface area contributed by atoms with Gasteiger partial charge < -0.3 is 9.47 Å². The van der Waals surface area contributed by atoms with Crippen molar-refractivity contribution >= 4 is 0 Å². The molecule has 0 unspecified atom stereocenters. The van der Waals surface area contributed by atoms with Crippen molar-refractivity contribution in [3.05, 3.63) is 10.1 Å². The van der Waals surface area contributed by atoms with Crippen LogP contribution in [0.1, 0.15) is 78.1 Å². The van der Waals surface area contributed by atoms with Gasteiger partial charge in [0.25, 0.3) is 5.54 Å². The molecule has 0 aromatic carbocycles. The first-order valence-corrected chi connectivity index (χ1v) is 8.52. The molecule has 0 amide bonds. The second-order valence-electron chi connectivity index (χ2n) is 6.15. The van der Waals surface area contributed by atoms with Gasteiger partial charge in [0.15, 0.2) is 6.29 Å². The number of unbranched alkanes of at least 4 members (excludes halogenated alkanes) is 7.